The van der Waals surface area contributed by atoms with E-state index in [0.717, 1.165) is 51.1 Å². The monoisotopic (exact) mass is 293 g/mol. The molecular weight excluding hydrogens is 270 g/mol. The minimum atomic E-state index is 0.0684. The molecule has 0 bridgehead atoms. The van der Waals surface area contributed by atoms with Gasteiger partial charge in [0, 0.05) is 25.4 Å². The molecule has 2 fully saturated rings. The summed E-state index contributed by atoms with van der Waals surface area (Å²) < 4.78 is 11.5. The lowest BCUT2D eigenvalue weighted by atomic mass is 10.1. The molecule has 6 nitrogen and oxygen atoms in total. The van der Waals surface area contributed by atoms with Gasteiger partial charge in [-0.15, -0.1) is 0 Å². The Kier molecular flexibility index (Phi) is 4.55. The lowest BCUT2D eigenvalue weighted by Gasteiger charge is -2.32. The number of carbonyl (C=O) groups excluding carboxylic acids is 1. The van der Waals surface area contributed by atoms with Crippen molar-refractivity contribution in [3.05, 3.63) is 17.5 Å². The Morgan fingerprint density at radius 1 is 1.48 bits per heavy atom. The number of nitrogens with zero attached hydrogens (tertiary/aromatic N) is 2. The summed E-state index contributed by atoms with van der Waals surface area (Å²) in [4.78, 5) is 14.3. The summed E-state index contributed by atoms with van der Waals surface area (Å²) in [6.07, 6.45) is 6.19. The van der Waals surface area contributed by atoms with Crippen LogP contribution in [0, 0.1) is 6.92 Å². The van der Waals surface area contributed by atoms with Crippen LogP contribution in [0.1, 0.15) is 41.7 Å². The Morgan fingerprint density at radius 2 is 2.29 bits per heavy atom. The number of H-pyrrole nitrogens is 1. The summed E-state index contributed by atoms with van der Waals surface area (Å²) in [5.74, 6) is 0.0684. The number of nitrogens with one attached hydrogen (secondary N) is 1. The number of hydrogen-bond acceptors (Lipinski definition) is 4. The highest BCUT2D eigenvalue weighted by molar-refractivity contribution is 5.95. The van der Waals surface area contributed by atoms with Gasteiger partial charge in [0.2, 0.25) is 0 Å². The number of amides is 1. The summed E-state index contributed by atoms with van der Waals surface area (Å²) in [5, 5.41) is 6.73. The van der Waals surface area contributed by atoms with Gasteiger partial charge in [-0.25, -0.2) is 0 Å². The molecular formula is C15H23N3O3. The predicted octanol–water partition coefficient (Wildman–Crippen LogP) is 1.52. The fourth-order valence-corrected chi connectivity index (χ4v) is 2.98. The lowest BCUT2D eigenvalue weighted by Crippen LogP contribution is -2.41. The average molecular weight is 293 g/mol. The summed E-state index contributed by atoms with van der Waals surface area (Å²) in [7, 11) is 0. The van der Waals surface area contributed by atoms with E-state index in [4.69, 9.17) is 9.47 Å². The van der Waals surface area contributed by atoms with Gasteiger partial charge >= 0.3 is 0 Å². The molecule has 2 aliphatic rings. The molecule has 2 saturated heterocycles. The van der Waals surface area contributed by atoms with E-state index >= 15 is 0 Å². The molecule has 116 valence electrons. The molecule has 1 atom stereocenters. The second kappa shape index (κ2) is 6.58. The molecule has 1 aromatic rings. The van der Waals surface area contributed by atoms with E-state index in [0.29, 0.717) is 12.2 Å². The number of aromatic amines is 1. The molecule has 2 aliphatic heterocycles. The summed E-state index contributed by atoms with van der Waals surface area (Å²) >= 11 is 0. The molecule has 1 N–H and O–H groups in total. The van der Waals surface area contributed by atoms with Crippen LogP contribution in [-0.4, -0.2) is 59.5 Å². The van der Waals surface area contributed by atoms with Gasteiger partial charge in [-0.1, -0.05) is 0 Å². The van der Waals surface area contributed by atoms with Gasteiger partial charge in [0.1, 0.15) is 0 Å². The van der Waals surface area contributed by atoms with Crippen LogP contribution in [-0.2, 0) is 9.47 Å². The number of ether oxygens (including phenoxy) is 2. The number of rotatable bonds is 4. The molecule has 0 unspecified atom stereocenters. The van der Waals surface area contributed by atoms with Crippen molar-refractivity contribution in [2.24, 2.45) is 0 Å². The number of aryl methyl sites for hydroxylation is 1. The highest BCUT2D eigenvalue weighted by Gasteiger charge is 2.26. The maximum absolute atomic E-state index is 12.4. The third-order valence-electron chi connectivity index (χ3n) is 4.33. The van der Waals surface area contributed by atoms with Crippen molar-refractivity contribution in [3.63, 3.8) is 0 Å². The van der Waals surface area contributed by atoms with Crippen LogP contribution in [0.5, 0.6) is 0 Å². The van der Waals surface area contributed by atoms with Crippen molar-refractivity contribution < 1.29 is 14.3 Å². The van der Waals surface area contributed by atoms with Crippen molar-refractivity contribution >= 4 is 5.91 Å². The molecule has 0 spiro atoms. The van der Waals surface area contributed by atoms with Gasteiger partial charge < -0.3 is 14.4 Å². The molecule has 0 aromatic carbocycles. The Labute approximate surface area is 124 Å². The van der Waals surface area contributed by atoms with Crippen LogP contribution in [0.3, 0.4) is 0 Å². The van der Waals surface area contributed by atoms with E-state index in [-0.39, 0.29) is 18.1 Å². The zero-order valence-electron chi connectivity index (χ0n) is 12.5. The Balaban J connectivity index is 1.44. The minimum Gasteiger partial charge on any atom is -0.376 e. The Hall–Kier alpha value is -1.40. The van der Waals surface area contributed by atoms with E-state index in [1.807, 2.05) is 11.8 Å². The van der Waals surface area contributed by atoms with Crippen molar-refractivity contribution in [1.82, 2.24) is 15.1 Å². The van der Waals surface area contributed by atoms with Gasteiger partial charge in [-0.2, -0.15) is 5.10 Å². The molecule has 3 rings (SSSR count). The third kappa shape index (κ3) is 3.44. The number of likely N-dealkylation sites (tertiary alicyclic amines) is 1. The summed E-state index contributed by atoms with van der Waals surface area (Å²) in [5.41, 5.74) is 1.51. The van der Waals surface area contributed by atoms with Crippen molar-refractivity contribution in [2.75, 3.05) is 26.3 Å². The van der Waals surface area contributed by atoms with E-state index in [9.17, 15) is 4.79 Å². The number of aromatic nitrogens is 2. The van der Waals surface area contributed by atoms with E-state index in [1.165, 1.54) is 0 Å². The number of piperidine rings is 1. The molecule has 3 heterocycles. The van der Waals surface area contributed by atoms with Crippen LogP contribution >= 0.6 is 0 Å². The highest BCUT2D eigenvalue weighted by Crippen LogP contribution is 2.19. The standard InChI is InChI=1S/C15H23N3O3/c1-11-14(9-16-17-11)15(19)18-6-4-12(5-7-18)21-10-13-3-2-8-20-13/h9,12-13H,2-8,10H2,1H3,(H,16,17)/t13-/m0/s1. The normalized spacial score (nSPS) is 23.7. The second-order valence-electron chi connectivity index (χ2n) is 5.87. The fourth-order valence-electron chi connectivity index (χ4n) is 2.98. The predicted molar refractivity (Wildman–Crippen MR) is 77.2 cm³/mol. The summed E-state index contributed by atoms with van der Waals surface area (Å²) in [6.45, 7) is 4.93. The zero-order chi connectivity index (χ0) is 14.7. The van der Waals surface area contributed by atoms with E-state index < -0.39 is 0 Å². The Morgan fingerprint density at radius 3 is 2.90 bits per heavy atom. The molecule has 6 heteroatoms. The molecule has 1 amide bonds. The van der Waals surface area contributed by atoms with E-state index in [2.05, 4.69) is 10.2 Å². The first-order valence-electron chi connectivity index (χ1n) is 7.76. The number of carbonyl (C=O) groups is 1. The molecule has 0 saturated carbocycles. The minimum absolute atomic E-state index is 0.0684. The van der Waals surface area contributed by atoms with Crippen LogP contribution in [0.25, 0.3) is 0 Å². The molecule has 0 aliphatic carbocycles. The van der Waals surface area contributed by atoms with Gasteiger partial charge in [0.05, 0.1) is 30.6 Å². The molecule has 21 heavy (non-hydrogen) atoms. The first-order chi connectivity index (χ1) is 10.2. The molecule has 1 aromatic heterocycles. The van der Waals surface area contributed by atoms with Gasteiger partial charge in [-0.05, 0) is 32.6 Å². The zero-order valence-corrected chi connectivity index (χ0v) is 12.5. The summed E-state index contributed by atoms with van der Waals surface area (Å²) in [6, 6.07) is 0. The number of hydrogen-bond donors (Lipinski definition) is 1. The first-order valence-corrected chi connectivity index (χ1v) is 7.76. The maximum Gasteiger partial charge on any atom is 0.257 e. The Bertz CT molecular complexity index is 474. The maximum atomic E-state index is 12.4. The second-order valence-corrected chi connectivity index (χ2v) is 5.87. The van der Waals surface area contributed by atoms with Gasteiger partial charge in [-0.3, -0.25) is 9.89 Å². The SMILES string of the molecule is Cc1[nH]ncc1C(=O)N1CCC(OC[C@@H]2CCCO2)CC1. The fraction of sp³-hybridized carbons (Fsp3) is 0.733. The van der Waals surface area contributed by atoms with Crippen LogP contribution in [0.4, 0.5) is 0 Å². The topological polar surface area (TPSA) is 67.5 Å². The largest absolute Gasteiger partial charge is 0.376 e. The smallest absolute Gasteiger partial charge is 0.257 e. The quantitative estimate of drug-likeness (QED) is 0.914. The average Bonchev–Trinajstić information content (AvgIpc) is 3.16. The van der Waals surface area contributed by atoms with Crippen LogP contribution in [0.2, 0.25) is 0 Å². The van der Waals surface area contributed by atoms with Crippen LogP contribution < -0.4 is 0 Å². The molecule has 0 radical (unpaired) electrons. The van der Waals surface area contributed by atoms with Crippen LogP contribution in [0.15, 0.2) is 6.20 Å². The van der Waals surface area contributed by atoms with Gasteiger partial charge in [0.25, 0.3) is 5.91 Å². The highest BCUT2D eigenvalue weighted by atomic mass is 16.5. The van der Waals surface area contributed by atoms with Crippen molar-refractivity contribution in [3.8, 4) is 0 Å². The lowest BCUT2D eigenvalue weighted by molar-refractivity contribution is -0.0395. The van der Waals surface area contributed by atoms with Crippen molar-refractivity contribution in [2.45, 2.75) is 44.8 Å². The van der Waals surface area contributed by atoms with E-state index in [1.54, 1.807) is 6.20 Å². The van der Waals surface area contributed by atoms with Crippen molar-refractivity contribution in [1.29, 1.82) is 0 Å². The van der Waals surface area contributed by atoms with Gasteiger partial charge in [0.15, 0.2) is 0 Å². The first kappa shape index (κ1) is 14.5. The third-order valence-corrected chi connectivity index (χ3v) is 4.33.